The van der Waals surface area contributed by atoms with Gasteiger partial charge < -0.3 is 20.3 Å². The third-order valence-corrected chi connectivity index (χ3v) is 1.47. The van der Waals surface area contributed by atoms with Gasteiger partial charge in [-0.15, -0.1) is 0 Å². The molecule has 4 heteroatoms. The summed E-state index contributed by atoms with van der Waals surface area (Å²) < 4.78 is 0. The summed E-state index contributed by atoms with van der Waals surface area (Å²) in [5.41, 5.74) is 0. The van der Waals surface area contributed by atoms with Gasteiger partial charge in [0.25, 0.3) is 0 Å². The number of aliphatic hydroxyl groups is 2. The normalized spacial score (nSPS) is 43.1. The van der Waals surface area contributed by atoms with Crippen molar-refractivity contribution in [2.75, 3.05) is 6.54 Å². The fraction of sp³-hybridized carbons (Fsp3) is 0.800. The van der Waals surface area contributed by atoms with E-state index in [4.69, 9.17) is 10.2 Å². The summed E-state index contributed by atoms with van der Waals surface area (Å²) in [4.78, 5) is 10.0. The van der Waals surface area contributed by atoms with Crippen molar-refractivity contribution in [1.82, 2.24) is 5.32 Å². The molecular formula is C5H9NO3. The van der Waals surface area contributed by atoms with Gasteiger partial charge in [0.1, 0.15) is 12.4 Å². The van der Waals surface area contributed by atoms with Crippen LogP contribution in [0.3, 0.4) is 0 Å². The van der Waals surface area contributed by atoms with Gasteiger partial charge in [-0.2, -0.15) is 0 Å². The highest BCUT2D eigenvalue weighted by Crippen LogP contribution is 2.04. The zero-order valence-corrected chi connectivity index (χ0v) is 4.82. The minimum absolute atomic E-state index is 0.296. The molecule has 0 aliphatic carbocycles. The van der Waals surface area contributed by atoms with Crippen molar-refractivity contribution >= 4 is 6.29 Å². The lowest BCUT2D eigenvalue weighted by Crippen LogP contribution is -2.33. The molecule has 0 aromatic heterocycles. The molecule has 1 aliphatic rings. The average Bonchev–Trinajstić information content (AvgIpc) is 2.15. The van der Waals surface area contributed by atoms with E-state index in [-0.39, 0.29) is 0 Å². The number of aliphatic hydroxyl groups excluding tert-OH is 2. The van der Waals surface area contributed by atoms with Gasteiger partial charge in [-0.1, -0.05) is 0 Å². The number of aldehydes is 1. The molecule has 0 aromatic carbocycles. The lowest BCUT2D eigenvalue weighted by Gasteiger charge is -2.07. The Labute approximate surface area is 52.5 Å². The SMILES string of the molecule is O=C[C@@H]1NC[C@@H](O)[C@H]1O. The molecule has 1 heterocycles. The standard InChI is InChI=1S/C5H9NO3/c7-2-3-5(9)4(8)1-6-3/h2-6,8-9H,1H2/t3-,4+,5-/m0/s1. The van der Waals surface area contributed by atoms with Crippen LogP contribution in [0.5, 0.6) is 0 Å². The van der Waals surface area contributed by atoms with Crippen LogP contribution in [-0.2, 0) is 4.79 Å². The summed E-state index contributed by atoms with van der Waals surface area (Å²) in [6.07, 6.45) is -1.12. The fourth-order valence-electron chi connectivity index (χ4n) is 0.866. The highest BCUT2D eigenvalue weighted by atomic mass is 16.3. The van der Waals surface area contributed by atoms with E-state index < -0.39 is 18.2 Å². The van der Waals surface area contributed by atoms with Crippen LogP contribution >= 0.6 is 0 Å². The number of hydrogen-bond donors (Lipinski definition) is 3. The first-order chi connectivity index (χ1) is 4.25. The van der Waals surface area contributed by atoms with Crippen molar-refractivity contribution in [2.24, 2.45) is 0 Å². The van der Waals surface area contributed by atoms with Crippen LogP contribution in [0.1, 0.15) is 0 Å². The molecule has 4 nitrogen and oxygen atoms in total. The van der Waals surface area contributed by atoms with Crippen LogP contribution in [0.25, 0.3) is 0 Å². The van der Waals surface area contributed by atoms with Gasteiger partial charge in [-0.25, -0.2) is 0 Å². The summed E-state index contributed by atoms with van der Waals surface area (Å²) in [6, 6.07) is -0.583. The smallest absolute Gasteiger partial charge is 0.139 e. The van der Waals surface area contributed by atoms with E-state index in [1.165, 1.54) is 0 Å². The van der Waals surface area contributed by atoms with E-state index in [2.05, 4.69) is 5.32 Å². The highest BCUT2D eigenvalue weighted by Gasteiger charge is 2.32. The van der Waals surface area contributed by atoms with Gasteiger partial charge in [0.05, 0.1) is 12.1 Å². The number of carbonyl (C=O) groups excluding carboxylic acids is 1. The monoisotopic (exact) mass is 131 g/mol. The number of hydrogen-bond acceptors (Lipinski definition) is 4. The van der Waals surface area contributed by atoms with Crippen molar-refractivity contribution in [3.8, 4) is 0 Å². The molecule has 0 spiro atoms. The third-order valence-electron chi connectivity index (χ3n) is 1.47. The number of β-amino-alcohol motifs (C(OH)–C–C–N with tert-alkyl or cyclic N) is 1. The molecule has 3 N–H and O–H groups in total. The van der Waals surface area contributed by atoms with E-state index in [0.717, 1.165) is 0 Å². The van der Waals surface area contributed by atoms with Crippen molar-refractivity contribution in [1.29, 1.82) is 0 Å². The van der Waals surface area contributed by atoms with Crippen molar-refractivity contribution in [2.45, 2.75) is 18.2 Å². The quantitative estimate of drug-likeness (QED) is 0.356. The van der Waals surface area contributed by atoms with Crippen LogP contribution in [0, 0.1) is 0 Å². The van der Waals surface area contributed by atoms with E-state index >= 15 is 0 Å². The zero-order chi connectivity index (χ0) is 6.85. The summed E-state index contributed by atoms with van der Waals surface area (Å²) in [7, 11) is 0. The predicted octanol–water partition coefficient (Wildman–Crippen LogP) is -2.12. The first-order valence-corrected chi connectivity index (χ1v) is 2.80. The Balaban J connectivity index is 2.50. The molecule has 0 bridgehead atoms. The predicted molar refractivity (Wildman–Crippen MR) is 29.9 cm³/mol. The Hall–Kier alpha value is -0.450. The van der Waals surface area contributed by atoms with Gasteiger partial charge >= 0.3 is 0 Å². The molecule has 1 saturated heterocycles. The van der Waals surface area contributed by atoms with Gasteiger partial charge in [-0.3, -0.25) is 0 Å². The summed E-state index contributed by atoms with van der Waals surface area (Å²) in [5, 5.41) is 20.4. The average molecular weight is 131 g/mol. The van der Waals surface area contributed by atoms with E-state index in [1.54, 1.807) is 0 Å². The van der Waals surface area contributed by atoms with Gasteiger partial charge in [0.2, 0.25) is 0 Å². The van der Waals surface area contributed by atoms with E-state index in [1.807, 2.05) is 0 Å². The third kappa shape index (κ3) is 1.10. The van der Waals surface area contributed by atoms with Crippen molar-refractivity contribution in [3.63, 3.8) is 0 Å². The second-order valence-electron chi connectivity index (χ2n) is 2.13. The molecule has 52 valence electrons. The Kier molecular flexibility index (Phi) is 1.80. The summed E-state index contributed by atoms with van der Waals surface area (Å²) in [5.74, 6) is 0. The molecule has 1 fully saturated rings. The molecule has 0 aromatic rings. The van der Waals surface area contributed by atoms with Crippen LogP contribution in [-0.4, -0.2) is 41.3 Å². The molecule has 1 aliphatic heterocycles. The maximum Gasteiger partial charge on any atom is 0.139 e. The minimum atomic E-state index is -0.928. The zero-order valence-electron chi connectivity index (χ0n) is 4.82. The second-order valence-corrected chi connectivity index (χ2v) is 2.13. The molecule has 9 heavy (non-hydrogen) atoms. The van der Waals surface area contributed by atoms with Crippen LogP contribution in [0.15, 0.2) is 0 Å². The Morgan fingerprint density at radius 3 is 2.44 bits per heavy atom. The van der Waals surface area contributed by atoms with Crippen molar-refractivity contribution < 1.29 is 15.0 Å². The van der Waals surface area contributed by atoms with E-state index in [0.29, 0.717) is 12.8 Å². The Bertz CT molecular complexity index is 117. The molecule has 0 amide bonds. The van der Waals surface area contributed by atoms with Crippen LogP contribution < -0.4 is 5.32 Å². The number of carbonyl (C=O) groups is 1. The topological polar surface area (TPSA) is 69.6 Å². The fourth-order valence-corrected chi connectivity index (χ4v) is 0.866. The maximum absolute atomic E-state index is 10.0. The van der Waals surface area contributed by atoms with E-state index in [9.17, 15) is 4.79 Å². The maximum atomic E-state index is 10.0. The molecule has 0 saturated carbocycles. The Morgan fingerprint density at radius 1 is 1.56 bits per heavy atom. The van der Waals surface area contributed by atoms with Crippen LogP contribution in [0.2, 0.25) is 0 Å². The first-order valence-electron chi connectivity index (χ1n) is 2.80. The molecule has 0 radical (unpaired) electrons. The number of rotatable bonds is 1. The lowest BCUT2D eigenvalue weighted by atomic mass is 10.2. The molecule has 0 unspecified atom stereocenters. The lowest BCUT2D eigenvalue weighted by molar-refractivity contribution is -0.111. The number of nitrogens with one attached hydrogen (secondary N) is 1. The van der Waals surface area contributed by atoms with Gasteiger partial charge in [0, 0.05) is 6.54 Å². The van der Waals surface area contributed by atoms with Crippen LogP contribution in [0.4, 0.5) is 0 Å². The molecular weight excluding hydrogens is 122 g/mol. The van der Waals surface area contributed by atoms with Gasteiger partial charge in [-0.05, 0) is 0 Å². The molecule has 1 rings (SSSR count). The van der Waals surface area contributed by atoms with Gasteiger partial charge in [0.15, 0.2) is 0 Å². The molecule has 3 atom stereocenters. The summed E-state index contributed by atoms with van der Waals surface area (Å²) >= 11 is 0. The van der Waals surface area contributed by atoms with Crippen molar-refractivity contribution in [3.05, 3.63) is 0 Å². The second kappa shape index (κ2) is 2.43. The Morgan fingerprint density at radius 2 is 2.22 bits per heavy atom. The first kappa shape index (κ1) is 6.67. The minimum Gasteiger partial charge on any atom is -0.389 e. The highest BCUT2D eigenvalue weighted by molar-refractivity contribution is 5.59. The largest absolute Gasteiger partial charge is 0.389 e. The summed E-state index contributed by atoms with van der Waals surface area (Å²) in [6.45, 7) is 0.296.